The highest BCUT2D eigenvalue weighted by Gasteiger charge is 2.27. The number of methoxy groups -OCH3 is 2. The number of halogens is 1. The molecular weight excluding hydrogens is 490 g/mol. The minimum atomic E-state index is -0.226. The molecule has 0 spiro atoms. The van der Waals surface area contributed by atoms with E-state index in [4.69, 9.17) is 30.8 Å². The van der Waals surface area contributed by atoms with Gasteiger partial charge in [0.2, 0.25) is 0 Å². The van der Waals surface area contributed by atoms with Crippen LogP contribution in [0.2, 0.25) is 5.02 Å². The van der Waals surface area contributed by atoms with Gasteiger partial charge < -0.3 is 19.1 Å². The van der Waals surface area contributed by atoms with Crippen LogP contribution < -0.4 is 0 Å². The molecular formula is C29H38ClN3O4. The zero-order chi connectivity index (χ0) is 26.0. The van der Waals surface area contributed by atoms with Gasteiger partial charge in [-0.15, -0.1) is 0 Å². The summed E-state index contributed by atoms with van der Waals surface area (Å²) < 4.78 is 16.0. The number of aromatic nitrogens is 1. The van der Waals surface area contributed by atoms with Crippen LogP contribution in [0, 0.1) is 0 Å². The molecule has 8 heteroatoms. The largest absolute Gasteiger partial charge is 0.449 e. The van der Waals surface area contributed by atoms with E-state index >= 15 is 0 Å². The Kier molecular flexibility index (Phi) is 10.4. The molecule has 0 radical (unpaired) electrons. The molecule has 1 aromatic carbocycles. The van der Waals surface area contributed by atoms with Crippen molar-refractivity contribution < 1.29 is 19.0 Å². The van der Waals surface area contributed by atoms with Crippen LogP contribution in [0.3, 0.4) is 0 Å². The zero-order valence-corrected chi connectivity index (χ0v) is 22.8. The highest BCUT2D eigenvalue weighted by atomic mass is 35.5. The molecule has 0 N–H and O–H groups in total. The first-order chi connectivity index (χ1) is 18.1. The van der Waals surface area contributed by atoms with Crippen molar-refractivity contribution in [2.75, 3.05) is 66.8 Å². The second kappa shape index (κ2) is 13.9. The number of amides is 1. The number of carbonyl (C=O) groups is 1. The van der Waals surface area contributed by atoms with E-state index in [0.717, 1.165) is 62.5 Å². The summed E-state index contributed by atoms with van der Waals surface area (Å²) in [5.41, 5.74) is 7.39. The number of fused-ring (bicyclic) bond motifs is 2. The van der Waals surface area contributed by atoms with Crippen molar-refractivity contribution in [3.8, 4) is 0 Å². The molecule has 1 aliphatic carbocycles. The van der Waals surface area contributed by atoms with Crippen molar-refractivity contribution in [3.05, 3.63) is 69.5 Å². The number of benzene rings is 1. The van der Waals surface area contributed by atoms with E-state index in [-0.39, 0.29) is 6.09 Å². The number of rotatable bonds is 10. The minimum Gasteiger partial charge on any atom is -0.449 e. The van der Waals surface area contributed by atoms with E-state index in [0.29, 0.717) is 32.9 Å². The summed E-state index contributed by atoms with van der Waals surface area (Å²) >= 11 is 6.34. The molecule has 1 fully saturated rings. The van der Waals surface area contributed by atoms with E-state index < -0.39 is 0 Å². The Bertz CT molecular complexity index is 1070. The van der Waals surface area contributed by atoms with Gasteiger partial charge in [-0.1, -0.05) is 29.3 Å². The lowest BCUT2D eigenvalue weighted by atomic mass is 9.88. The van der Waals surface area contributed by atoms with Crippen LogP contribution in [0.5, 0.6) is 0 Å². The smallest absolute Gasteiger partial charge is 0.409 e. The van der Waals surface area contributed by atoms with Crippen molar-refractivity contribution in [2.24, 2.45) is 0 Å². The van der Waals surface area contributed by atoms with Crippen LogP contribution in [-0.4, -0.2) is 87.6 Å². The molecule has 2 aliphatic rings. The first kappa shape index (κ1) is 27.6. The van der Waals surface area contributed by atoms with Gasteiger partial charge in [-0.05, 0) is 67.0 Å². The predicted octanol–water partition coefficient (Wildman–Crippen LogP) is 4.85. The van der Waals surface area contributed by atoms with Crippen LogP contribution in [0.1, 0.15) is 41.6 Å². The molecule has 4 rings (SSSR count). The van der Waals surface area contributed by atoms with E-state index in [9.17, 15) is 4.79 Å². The number of ether oxygens (including phenoxy) is 3. The van der Waals surface area contributed by atoms with Gasteiger partial charge >= 0.3 is 6.09 Å². The van der Waals surface area contributed by atoms with Crippen LogP contribution >= 0.6 is 11.6 Å². The van der Waals surface area contributed by atoms with E-state index in [1.807, 2.05) is 23.2 Å². The Hall–Kier alpha value is -2.45. The highest BCUT2D eigenvalue weighted by molar-refractivity contribution is 6.30. The van der Waals surface area contributed by atoms with Crippen LogP contribution in [0.15, 0.2) is 42.1 Å². The molecule has 1 amide bonds. The maximum atomic E-state index is 12.8. The van der Waals surface area contributed by atoms with Crippen LogP contribution in [0.25, 0.3) is 5.57 Å². The SMILES string of the molecule is COCCN(CCCOC(=O)N1CCC(=C2c3ccc(Cl)cc3CCc3cccnc32)CC1)CCOC. The van der Waals surface area contributed by atoms with Crippen molar-refractivity contribution in [2.45, 2.75) is 32.1 Å². The van der Waals surface area contributed by atoms with Crippen LogP contribution in [-0.2, 0) is 27.1 Å². The van der Waals surface area contributed by atoms with Crippen molar-refractivity contribution in [3.63, 3.8) is 0 Å². The Morgan fingerprint density at radius 2 is 1.70 bits per heavy atom. The third-order valence-corrected chi connectivity index (χ3v) is 7.41. The maximum Gasteiger partial charge on any atom is 0.409 e. The Morgan fingerprint density at radius 3 is 2.43 bits per heavy atom. The first-order valence-corrected chi connectivity index (χ1v) is 13.6. The molecule has 7 nitrogen and oxygen atoms in total. The predicted molar refractivity (Wildman–Crippen MR) is 146 cm³/mol. The summed E-state index contributed by atoms with van der Waals surface area (Å²) in [6.45, 7) is 5.57. The molecule has 2 heterocycles. The van der Waals surface area contributed by atoms with Crippen LogP contribution in [0.4, 0.5) is 4.79 Å². The molecule has 0 unspecified atom stereocenters. The van der Waals surface area contributed by atoms with Gasteiger partial charge in [0, 0.05) is 63.7 Å². The number of carbonyl (C=O) groups excluding carboxylic acids is 1. The minimum absolute atomic E-state index is 0.226. The quantitative estimate of drug-likeness (QED) is 0.411. The first-order valence-electron chi connectivity index (χ1n) is 13.2. The summed E-state index contributed by atoms with van der Waals surface area (Å²) in [5, 5.41) is 0.764. The molecule has 0 bridgehead atoms. The average Bonchev–Trinajstić information content (AvgIpc) is 3.08. The second-order valence-corrected chi connectivity index (χ2v) is 10.0. The van der Waals surface area contributed by atoms with E-state index in [1.165, 1.54) is 27.8 Å². The molecule has 1 aromatic heterocycles. The standard InChI is InChI=1S/C29H38ClN3O4/c1-35-19-16-32(17-20-36-2)13-4-18-37-29(34)33-14-10-22(11-15-33)27-26-9-8-25(30)21-24(26)7-6-23-5-3-12-31-28(23)27/h3,5,8-9,12,21H,4,6-7,10-11,13-20H2,1-2H3. The Labute approximate surface area is 225 Å². The third kappa shape index (κ3) is 7.32. The maximum absolute atomic E-state index is 12.8. The summed E-state index contributed by atoms with van der Waals surface area (Å²) in [5.74, 6) is 0. The monoisotopic (exact) mass is 527 g/mol. The summed E-state index contributed by atoms with van der Waals surface area (Å²) in [7, 11) is 3.41. The van der Waals surface area contributed by atoms with E-state index in [1.54, 1.807) is 14.2 Å². The second-order valence-electron chi connectivity index (χ2n) is 9.57. The number of likely N-dealkylation sites (tertiary alicyclic amines) is 1. The van der Waals surface area contributed by atoms with Gasteiger partial charge in [-0.3, -0.25) is 9.88 Å². The fourth-order valence-electron chi connectivity index (χ4n) is 5.16. The van der Waals surface area contributed by atoms with Crippen molar-refractivity contribution in [1.29, 1.82) is 0 Å². The fourth-order valence-corrected chi connectivity index (χ4v) is 5.35. The molecule has 1 saturated heterocycles. The Morgan fingerprint density at radius 1 is 0.973 bits per heavy atom. The van der Waals surface area contributed by atoms with Gasteiger partial charge in [0.15, 0.2) is 0 Å². The fraction of sp³-hybridized carbons (Fsp3) is 0.517. The Balaban J connectivity index is 1.37. The topological polar surface area (TPSA) is 64.1 Å². The molecule has 0 atom stereocenters. The number of nitrogens with zero attached hydrogens (tertiary/aromatic N) is 3. The van der Waals surface area contributed by atoms with Gasteiger partial charge in [0.25, 0.3) is 0 Å². The van der Waals surface area contributed by atoms with Gasteiger partial charge in [-0.25, -0.2) is 4.79 Å². The van der Waals surface area contributed by atoms with E-state index in [2.05, 4.69) is 23.1 Å². The van der Waals surface area contributed by atoms with Gasteiger partial charge in [0.1, 0.15) is 0 Å². The molecule has 37 heavy (non-hydrogen) atoms. The number of aryl methyl sites for hydroxylation is 2. The molecule has 200 valence electrons. The average molecular weight is 528 g/mol. The normalized spacial score (nSPS) is 15.4. The van der Waals surface area contributed by atoms with Gasteiger partial charge in [0.05, 0.1) is 25.5 Å². The lowest BCUT2D eigenvalue weighted by molar-refractivity contribution is 0.0860. The van der Waals surface area contributed by atoms with Crippen molar-refractivity contribution >= 4 is 23.3 Å². The third-order valence-electron chi connectivity index (χ3n) is 7.17. The molecule has 1 aliphatic heterocycles. The molecule has 2 aromatic rings. The number of pyridine rings is 1. The molecule has 0 saturated carbocycles. The summed E-state index contributed by atoms with van der Waals surface area (Å²) in [4.78, 5) is 21.7. The number of piperidine rings is 1. The lowest BCUT2D eigenvalue weighted by Gasteiger charge is -2.30. The summed E-state index contributed by atoms with van der Waals surface area (Å²) in [6, 6.07) is 10.4. The van der Waals surface area contributed by atoms with Gasteiger partial charge in [-0.2, -0.15) is 0 Å². The lowest BCUT2D eigenvalue weighted by Crippen LogP contribution is -2.37. The highest BCUT2D eigenvalue weighted by Crippen LogP contribution is 2.38. The number of hydrogen-bond acceptors (Lipinski definition) is 6. The zero-order valence-electron chi connectivity index (χ0n) is 22.0. The number of hydrogen-bond donors (Lipinski definition) is 0. The van der Waals surface area contributed by atoms with Crippen molar-refractivity contribution in [1.82, 2.24) is 14.8 Å². The summed E-state index contributed by atoms with van der Waals surface area (Å²) in [6.07, 6.45) is 5.94.